The molecule has 16 nitrogen and oxygen atoms in total. The van der Waals surface area contributed by atoms with Crippen molar-refractivity contribution >= 4 is 40.7 Å². The molecule has 0 bridgehead atoms. The number of nitro benzene ring substituents is 1. The summed E-state index contributed by atoms with van der Waals surface area (Å²) in [7, 11) is 0. The van der Waals surface area contributed by atoms with E-state index in [2.05, 4.69) is 4.98 Å². The first-order valence-corrected chi connectivity index (χ1v) is 14.9. The number of esters is 4. The summed E-state index contributed by atoms with van der Waals surface area (Å²) in [5, 5.41) is 12.2. The third-order valence-corrected chi connectivity index (χ3v) is 7.24. The Kier molecular flexibility index (Phi) is 10.2. The number of fused-ring (bicyclic) bond motifs is 2. The van der Waals surface area contributed by atoms with Gasteiger partial charge in [0.15, 0.2) is 34.7 Å². The zero-order valence-corrected chi connectivity index (χ0v) is 26.6. The van der Waals surface area contributed by atoms with Crippen LogP contribution in [0.5, 0.6) is 5.75 Å². The van der Waals surface area contributed by atoms with Gasteiger partial charge in [-0.25, -0.2) is 4.98 Å². The Hall–Kier alpha value is -5.90. The molecule has 2 aromatic carbocycles. The van der Waals surface area contributed by atoms with Crippen LogP contribution in [-0.2, 0) is 49.3 Å². The minimum atomic E-state index is -1.66. The van der Waals surface area contributed by atoms with Crippen molar-refractivity contribution in [1.29, 1.82) is 0 Å². The van der Waals surface area contributed by atoms with Gasteiger partial charge < -0.3 is 32.8 Å². The van der Waals surface area contributed by atoms with Gasteiger partial charge in [0.1, 0.15) is 23.9 Å². The maximum absolute atomic E-state index is 12.2. The molecule has 0 spiro atoms. The predicted octanol–water partition coefficient (Wildman–Crippen LogP) is 3.25. The number of nitrogens with zero attached hydrogens (tertiary/aromatic N) is 2. The lowest BCUT2D eigenvalue weighted by molar-refractivity contribution is -0.387. The Balaban J connectivity index is 1.46. The highest BCUT2D eigenvalue weighted by Crippen LogP contribution is 2.35. The Labute approximate surface area is 277 Å². The summed E-state index contributed by atoms with van der Waals surface area (Å²) in [6, 6.07) is 13.7. The monoisotopic (exact) mass is 678 g/mol. The molecule has 1 saturated heterocycles. The van der Waals surface area contributed by atoms with Crippen molar-refractivity contribution in [3.63, 3.8) is 0 Å². The number of aromatic nitrogens is 1. The number of ether oxygens (including phenoxy) is 6. The van der Waals surface area contributed by atoms with E-state index in [0.29, 0.717) is 28.1 Å². The number of benzene rings is 3. The fourth-order valence-electron chi connectivity index (χ4n) is 5.32. The van der Waals surface area contributed by atoms with Gasteiger partial charge in [0.25, 0.3) is 0 Å². The first-order chi connectivity index (χ1) is 23.3. The Bertz CT molecular complexity index is 1960. The molecule has 5 atom stereocenters. The molecule has 1 fully saturated rings. The third kappa shape index (κ3) is 8.34. The fourth-order valence-corrected chi connectivity index (χ4v) is 5.32. The molecule has 2 heterocycles. The van der Waals surface area contributed by atoms with Gasteiger partial charge in [0, 0.05) is 39.8 Å². The van der Waals surface area contributed by atoms with Crippen molar-refractivity contribution in [2.75, 3.05) is 6.61 Å². The first-order valence-electron chi connectivity index (χ1n) is 14.9. The van der Waals surface area contributed by atoms with Crippen molar-refractivity contribution in [3.05, 3.63) is 86.1 Å². The Morgan fingerprint density at radius 2 is 1.47 bits per heavy atom. The molecule has 0 aromatic heterocycles. The summed E-state index contributed by atoms with van der Waals surface area (Å²) >= 11 is 0. The molecule has 1 aliphatic carbocycles. The number of rotatable bonds is 10. The van der Waals surface area contributed by atoms with Crippen LogP contribution >= 0.6 is 0 Å². The average molecular weight is 679 g/mol. The molecule has 16 heteroatoms. The molecule has 5 rings (SSSR count). The summed E-state index contributed by atoms with van der Waals surface area (Å²) in [6.45, 7) is 3.83. The number of carbonyl (C=O) groups excluding carboxylic acids is 4. The zero-order valence-electron chi connectivity index (χ0n) is 26.6. The molecule has 0 amide bonds. The first kappa shape index (κ1) is 34.4. The van der Waals surface area contributed by atoms with E-state index in [4.69, 9.17) is 32.8 Å². The van der Waals surface area contributed by atoms with Gasteiger partial charge in [-0.1, -0.05) is 12.1 Å². The standard InChI is InChI=1S/C33H30N2O14/c1-16(36)43-15-29-30(44-17(2)37)31(45-18(3)38)32(46-19(4)39)33(49-29)48-26-10-6-20(12-25(26)35(41)42)11-21-5-8-23-27(13-21)47-28-14-22(40)7-9-24(28)34-23/h5-10,12-14,29-33H,11,15H2,1-4H3/t29-,30+,31+,32-,33-/m1/s1. The SMILES string of the molecule is CC(=O)OC[C@H]1O[C@@H](Oc2ccc(Cc3ccc4nc5ccc(=O)cc-5oc4c3)cc2[N+](=O)[O-])[C@H](OC(C)=O)[C@@H](OC(C)=O)[C@H]1OC(C)=O. The molecule has 0 N–H and O–H groups in total. The third-order valence-electron chi connectivity index (χ3n) is 7.24. The minimum absolute atomic E-state index is 0.227. The van der Waals surface area contributed by atoms with Gasteiger partial charge in [-0.05, 0) is 47.9 Å². The van der Waals surface area contributed by atoms with Gasteiger partial charge >= 0.3 is 29.6 Å². The van der Waals surface area contributed by atoms with E-state index < -0.39 is 71.8 Å². The molecule has 2 aliphatic heterocycles. The van der Waals surface area contributed by atoms with Crippen molar-refractivity contribution in [2.45, 2.75) is 64.8 Å². The van der Waals surface area contributed by atoms with E-state index in [1.54, 1.807) is 30.3 Å². The second kappa shape index (κ2) is 14.5. The second-order valence-electron chi connectivity index (χ2n) is 11.1. The largest absolute Gasteiger partial charge is 0.463 e. The minimum Gasteiger partial charge on any atom is -0.463 e. The quantitative estimate of drug-likeness (QED) is 0.0775. The van der Waals surface area contributed by atoms with Gasteiger partial charge in [-0.2, -0.15) is 0 Å². The lowest BCUT2D eigenvalue weighted by Gasteiger charge is -2.43. The molecule has 3 aliphatic rings. The van der Waals surface area contributed by atoms with Crippen LogP contribution in [-0.4, -0.2) is 71.1 Å². The van der Waals surface area contributed by atoms with Gasteiger partial charge in [0.05, 0.1) is 4.92 Å². The summed E-state index contributed by atoms with van der Waals surface area (Å²) in [6.07, 6.45) is -7.27. The van der Waals surface area contributed by atoms with Crippen molar-refractivity contribution < 1.29 is 56.9 Å². The van der Waals surface area contributed by atoms with Crippen LogP contribution in [0, 0.1) is 10.1 Å². The number of carbonyl (C=O) groups is 4. The van der Waals surface area contributed by atoms with Crippen molar-refractivity contribution in [1.82, 2.24) is 4.98 Å². The zero-order chi connectivity index (χ0) is 35.4. The normalized spacial score (nSPS) is 20.3. The maximum atomic E-state index is 12.2. The Morgan fingerprint density at radius 3 is 2.14 bits per heavy atom. The summed E-state index contributed by atoms with van der Waals surface area (Å²) in [4.78, 5) is 75.7. The molecule has 2 aromatic rings. The van der Waals surface area contributed by atoms with E-state index in [9.17, 15) is 34.1 Å². The summed E-state index contributed by atoms with van der Waals surface area (Å²) in [5.41, 5.74) is 2.00. The van der Waals surface area contributed by atoms with E-state index in [1.807, 2.05) is 0 Å². The van der Waals surface area contributed by atoms with Crippen molar-refractivity contribution in [3.8, 4) is 17.2 Å². The van der Waals surface area contributed by atoms with Crippen LogP contribution < -0.4 is 10.2 Å². The van der Waals surface area contributed by atoms with Gasteiger partial charge in [-0.3, -0.25) is 34.1 Å². The molecular formula is C33H30N2O14. The van der Waals surface area contributed by atoms with Crippen LogP contribution in [0.2, 0.25) is 0 Å². The number of hydrogen-bond donors (Lipinski definition) is 0. The predicted molar refractivity (Wildman–Crippen MR) is 165 cm³/mol. The highest BCUT2D eigenvalue weighted by atomic mass is 16.7. The van der Waals surface area contributed by atoms with E-state index >= 15 is 0 Å². The van der Waals surface area contributed by atoms with E-state index in [1.165, 1.54) is 24.3 Å². The smallest absolute Gasteiger partial charge is 0.311 e. The second-order valence-corrected chi connectivity index (χ2v) is 11.1. The highest BCUT2D eigenvalue weighted by molar-refractivity contribution is 5.77. The summed E-state index contributed by atoms with van der Waals surface area (Å²) in [5.74, 6) is -3.21. The average Bonchev–Trinajstić information content (AvgIpc) is 3.01. The molecule has 0 saturated carbocycles. The number of hydrogen-bond acceptors (Lipinski definition) is 15. The molecule has 49 heavy (non-hydrogen) atoms. The van der Waals surface area contributed by atoms with E-state index in [-0.39, 0.29) is 17.6 Å². The lowest BCUT2D eigenvalue weighted by atomic mass is 9.98. The van der Waals surface area contributed by atoms with Crippen LogP contribution in [0.25, 0.3) is 22.6 Å². The van der Waals surface area contributed by atoms with Gasteiger partial charge in [0.2, 0.25) is 12.4 Å². The van der Waals surface area contributed by atoms with Crippen LogP contribution in [0.1, 0.15) is 38.8 Å². The van der Waals surface area contributed by atoms with Crippen molar-refractivity contribution in [2.24, 2.45) is 0 Å². The van der Waals surface area contributed by atoms with Gasteiger partial charge in [-0.15, -0.1) is 0 Å². The molecular weight excluding hydrogens is 648 g/mol. The highest BCUT2D eigenvalue weighted by Gasteiger charge is 2.53. The molecule has 256 valence electrons. The molecule has 0 radical (unpaired) electrons. The van der Waals surface area contributed by atoms with Crippen LogP contribution in [0.15, 0.2) is 63.8 Å². The maximum Gasteiger partial charge on any atom is 0.311 e. The topological polar surface area (TPSA) is 210 Å². The lowest BCUT2D eigenvalue weighted by Crippen LogP contribution is -2.63. The van der Waals surface area contributed by atoms with Crippen LogP contribution in [0.3, 0.4) is 0 Å². The van der Waals surface area contributed by atoms with Crippen LogP contribution in [0.4, 0.5) is 5.69 Å². The Morgan fingerprint density at radius 1 is 0.816 bits per heavy atom. The number of nitro groups is 1. The fraction of sp³-hybridized carbons (Fsp3) is 0.333. The summed E-state index contributed by atoms with van der Waals surface area (Å²) < 4.78 is 38.9. The van der Waals surface area contributed by atoms with E-state index in [0.717, 1.165) is 33.3 Å². The molecule has 0 unspecified atom stereocenters.